The van der Waals surface area contributed by atoms with Crippen LogP contribution in [0.2, 0.25) is 0 Å². The predicted molar refractivity (Wildman–Crippen MR) is 156 cm³/mol. The molecule has 3 aromatic heterocycles. The number of aromatic nitrogens is 4. The van der Waals surface area contributed by atoms with Crippen LogP contribution in [-0.4, -0.2) is 44.4 Å². The Kier molecular flexibility index (Phi) is 6.58. The van der Waals surface area contributed by atoms with Crippen LogP contribution < -0.4 is 5.73 Å². The van der Waals surface area contributed by atoms with Crippen molar-refractivity contribution in [3.63, 3.8) is 0 Å². The highest BCUT2D eigenvalue weighted by Crippen LogP contribution is 2.39. The van der Waals surface area contributed by atoms with Gasteiger partial charge in [0.25, 0.3) is 0 Å². The number of benzene rings is 2. The molecule has 0 amide bonds. The van der Waals surface area contributed by atoms with Gasteiger partial charge in [-0.15, -0.1) is 0 Å². The highest BCUT2D eigenvalue weighted by Gasteiger charge is 2.28. The van der Waals surface area contributed by atoms with Crippen LogP contribution in [0.15, 0.2) is 67.0 Å². The van der Waals surface area contributed by atoms with Crippen molar-refractivity contribution in [3.05, 3.63) is 78.4 Å². The largest absolute Gasteiger partial charge is 0.382 e. The molecule has 6 rings (SSSR count). The third kappa shape index (κ3) is 4.54. The summed E-state index contributed by atoms with van der Waals surface area (Å²) in [6, 6.07) is 19.0. The smallest absolute Gasteiger partial charge is 0.150 e. The van der Waals surface area contributed by atoms with Gasteiger partial charge < -0.3 is 10.6 Å². The number of rotatable bonds is 6. The molecule has 1 saturated carbocycles. The number of nitrogens with two attached hydrogens (primary N) is 1. The van der Waals surface area contributed by atoms with Crippen LogP contribution in [0, 0.1) is 12.8 Å². The van der Waals surface area contributed by atoms with Crippen LogP contribution >= 0.6 is 0 Å². The molecule has 0 bridgehead atoms. The van der Waals surface area contributed by atoms with Crippen molar-refractivity contribution in [1.29, 1.82) is 0 Å². The first-order chi connectivity index (χ1) is 18.5. The van der Waals surface area contributed by atoms with E-state index in [2.05, 4.69) is 83.7 Å². The zero-order valence-electron chi connectivity index (χ0n) is 22.6. The minimum Gasteiger partial charge on any atom is -0.382 e. The fourth-order valence-corrected chi connectivity index (χ4v) is 6.06. The SMILES string of the molecule is CCN(C)C[C@H]1CC[C@H](c2nc(-c3ccc4c(C)cc(-c5ccccc5)nc4c3)c3c(N)nccn32)CC1. The van der Waals surface area contributed by atoms with E-state index in [9.17, 15) is 0 Å². The Balaban J connectivity index is 1.40. The van der Waals surface area contributed by atoms with Gasteiger partial charge in [-0.2, -0.15) is 0 Å². The molecule has 1 fully saturated rings. The van der Waals surface area contributed by atoms with Crippen LogP contribution in [0.25, 0.3) is 38.9 Å². The van der Waals surface area contributed by atoms with Gasteiger partial charge in [0.1, 0.15) is 22.9 Å². The highest BCUT2D eigenvalue weighted by atomic mass is 15.1. The van der Waals surface area contributed by atoms with Crippen molar-refractivity contribution in [2.75, 3.05) is 25.9 Å². The summed E-state index contributed by atoms with van der Waals surface area (Å²) >= 11 is 0. The second-order valence-electron chi connectivity index (χ2n) is 10.8. The second-order valence-corrected chi connectivity index (χ2v) is 10.8. The summed E-state index contributed by atoms with van der Waals surface area (Å²) in [6.45, 7) is 6.67. The Hall–Kier alpha value is -3.77. The fourth-order valence-electron chi connectivity index (χ4n) is 6.06. The first-order valence-corrected chi connectivity index (χ1v) is 13.8. The van der Waals surface area contributed by atoms with E-state index in [0.717, 1.165) is 70.1 Å². The maximum Gasteiger partial charge on any atom is 0.150 e. The third-order valence-corrected chi connectivity index (χ3v) is 8.29. The molecule has 1 aliphatic carbocycles. The topological polar surface area (TPSA) is 72.3 Å². The molecule has 0 spiro atoms. The lowest BCUT2D eigenvalue weighted by Crippen LogP contribution is -2.28. The minimum absolute atomic E-state index is 0.423. The molecular formula is C32H36N6. The number of hydrogen-bond acceptors (Lipinski definition) is 5. The summed E-state index contributed by atoms with van der Waals surface area (Å²) in [7, 11) is 2.22. The average molecular weight is 505 g/mol. The van der Waals surface area contributed by atoms with E-state index in [-0.39, 0.29) is 0 Å². The average Bonchev–Trinajstić information content (AvgIpc) is 3.34. The summed E-state index contributed by atoms with van der Waals surface area (Å²) in [5.74, 6) is 2.81. The highest BCUT2D eigenvalue weighted by molar-refractivity contribution is 5.92. The lowest BCUT2D eigenvalue weighted by Gasteiger charge is -2.30. The number of anilines is 1. The number of aryl methyl sites for hydroxylation is 1. The van der Waals surface area contributed by atoms with E-state index in [1.165, 1.54) is 24.9 Å². The third-order valence-electron chi connectivity index (χ3n) is 8.29. The van der Waals surface area contributed by atoms with Crippen molar-refractivity contribution in [1.82, 2.24) is 24.3 Å². The molecule has 0 radical (unpaired) electrons. The molecule has 0 unspecified atom stereocenters. The molecule has 6 nitrogen and oxygen atoms in total. The Morgan fingerprint density at radius 1 is 0.974 bits per heavy atom. The second kappa shape index (κ2) is 10.2. The Morgan fingerprint density at radius 3 is 2.53 bits per heavy atom. The van der Waals surface area contributed by atoms with E-state index >= 15 is 0 Å². The first kappa shape index (κ1) is 24.6. The van der Waals surface area contributed by atoms with E-state index in [1.54, 1.807) is 6.20 Å². The predicted octanol–water partition coefficient (Wildman–Crippen LogP) is 6.73. The minimum atomic E-state index is 0.423. The van der Waals surface area contributed by atoms with Crippen molar-refractivity contribution < 1.29 is 0 Å². The number of nitrogens with zero attached hydrogens (tertiary/aromatic N) is 5. The summed E-state index contributed by atoms with van der Waals surface area (Å²) in [5.41, 5.74) is 13.6. The molecule has 1 aliphatic rings. The molecular weight excluding hydrogens is 468 g/mol. The van der Waals surface area contributed by atoms with E-state index < -0.39 is 0 Å². The summed E-state index contributed by atoms with van der Waals surface area (Å²) in [5, 5.41) is 1.15. The van der Waals surface area contributed by atoms with Gasteiger partial charge in [-0.25, -0.2) is 15.0 Å². The van der Waals surface area contributed by atoms with Crippen LogP contribution in [0.3, 0.4) is 0 Å². The number of hydrogen-bond donors (Lipinski definition) is 1. The van der Waals surface area contributed by atoms with Crippen LogP contribution in [0.4, 0.5) is 5.82 Å². The van der Waals surface area contributed by atoms with Crippen molar-refractivity contribution in [2.24, 2.45) is 5.92 Å². The van der Waals surface area contributed by atoms with Gasteiger partial charge in [0.05, 0.1) is 11.2 Å². The molecule has 0 aliphatic heterocycles. The van der Waals surface area contributed by atoms with Gasteiger partial charge >= 0.3 is 0 Å². The van der Waals surface area contributed by atoms with Gasteiger partial charge in [0.15, 0.2) is 0 Å². The summed E-state index contributed by atoms with van der Waals surface area (Å²) in [4.78, 5) is 17.2. The molecule has 2 aromatic carbocycles. The van der Waals surface area contributed by atoms with Crippen LogP contribution in [0.1, 0.15) is 49.9 Å². The lowest BCUT2D eigenvalue weighted by molar-refractivity contribution is 0.228. The van der Waals surface area contributed by atoms with Crippen LogP contribution in [-0.2, 0) is 0 Å². The van der Waals surface area contributed by atoms with E-state index in [1.807, 2.05) is 12.3 Å². The molecule has 3 heterocycles. The van der Waals surface area contributed by atoms with Gasteiger partial charge in [0.2, 0.25) is 0 Å². The number of pyridine rings is 1. The number of nitrogen functional groups attached to an aromatic ring is 1. The summed E-state index contributed by atoms with van der Waals surface area (Å²) < 4.78 is 2.18. The molecule has 5 aromatic rings. The fraction of sp³-hybridized carbons (Fsp3) is 0.344. The Bertz CT molecular complexity index is 1580. The first-order valence-electron chi connectivity index (χ1n) is 13.8. The molecule has 0 saturated heterocycles. The normalized spacial score (nSPS) is 18.0. The molecule has 38 heavy (non-hydrogen) atoms. The van der Waals surface area contributed by atoms with E-state index in [4.69, 9.17) is 15.7 Å². The monoisotopic (exact) mass is 504 g/mol. The van der Waals surface area contributed by atoms with Crippen molar-refractivity contribution in [3.8, 4) is 22.5 Å². The summed E-state index contributed by atoms with van der Waals surface area (Å²) in [6.07, 6.45) is 8.59. The maximum absolute atomic E-state index is 6.47. The van der Waals surface area contributed by atoms with Gasteiger partial charge in [-0.1, -0.05) is 49.4 Å². The van der Waals surface area contributed by atoms with Crippen LogP contribution in [0.5, 0.6) is 0 Å². The van der Waals surface area contributed by atoms with Gasteiger partial charge in [-0.3, -0.25) is 4.40 Å². The molecule has 2 N–H and O–H groups in total. The van der Waals surface area contributed by atoms with Gasteiger partial charge in [-0.05, 0) is 69.8 Å². The zero-order valence-corrected chi connectivity index (χ0v) is 22.6. The number of imidazole rings is 1. The lowest BCUT2D eigenvalue weighted by atomic mass is 9.81. The maximum atomic E-state index is 6.47. The van der Waals surface area contributed by atoms with Gasteiger partial charge in [0, 0.05) is 41.4 Å². The molecule has 0 atom stereocenters. The molecule has 194 valence electrons. The van der Waals surface area contributed by atoms with E-state index in [0.29, 0.717) is 11.7 Å². The van der Waals surface area contributed by atoms with Crippen molar-refractivity contribution in [2.45, 2.75) is 45.4 Å². The standard InChI is InChI=1S/C32H36N6/c1-4-37(3)20-22-10-12-24(13-11-22)32-36-29(30-31(33)34-16-17-38(30)32)25-14-15-26-21(2)18-27(35-28(26)19-25)23-8-6-5-7-9-23/h5-9,14-19,22,24H,4,10-13,20H2,1-3H3,(H2,33,34)/t22-,24-. The Morgan fingerprint density at radius 2 is 1.76 bits per heavy atom. The zero-order chi connectivity index (χ0) is 26.2. The quantitative estimate of drug-likeness (QED) is 0.278. The Labute approximate surface area is 224 Å². The number of fused-ring (bicyclic) bond motifs is 2. The molecule has 6 heteroatoms. The van der Waals surface area contributed by atoms with Crippen molar-refractivity contribution >= 4 is 22.2 Å².